The van der Waals surface area contributed by atoms with E-state index in [4.69, 9.17) is 0 Å². The lowest BCUT2D eigenvalue weighted by atomic mass is 10.2. The van der Waals surface area contributed by atoms with Gasteiger partial charge in [-0.05, 0) is 42.5 Å². The Bertz CT molecular complexity index is 455. The van der Waals surface area contributed by atoms with Gasteiger partial charge in [-0.2, -0.15) is 0 Å². The van der Waals surface area contributed by atoms with Crippen molar-refractivity contribution in [2.24, 2.45) is 0 Å². The average molecular weight is 264 g/mol. The first-order valence-corrected chi connectivity index (χ1v) is 7.10. The summed E-state index contributed by atoms with van der Waals surface area (Å²) >= 11 is 0. The Balaban J connectivity index is 1.56. The molecule has 1 aliphatic heterocycles. The highest BCUT2D eigenvalue weighted by atomic mass is 16.2. The summed E-state index contributed by atoms with van der Waals surface area (Å²) in [4.78, 5) is 14.1. The Morgan fingerprint density at radius 1 is 1.42 bits per heavy atom. The third kappa shape index (κ3) is 2.54. The molecule has 1 N–H and O–H groups in total. The highest BCUT2D eigenvalue weighted by Gasteiger charge is 2.29. The summed E-state index contributed by atoms with van der Waals surface area (Å²) in [6.07, 6.45) is 5.51. The van der Waals surface area contributed by atoms with E-state index < -0.39 is 0 Å². The van der Waals surface area contributed by atoms with Crippen molar-refractivity contribution >= 4 is 6.03 Å². The summed E-state index contributed by atoms with van der Waals surface area (Å²) < 4.78 is 1.83. The van der Waals surface area contributed by atoms with E-state index >= 15 is 0 Å². The zero-order valence-corrected chi connectivity index (χ0v) is 11.2. The minimum atomic E-state index is 0.00898. The van der Waals surface area contributed by atoms with E-state index in [9.17, 15) is 4.79 Å². The molecular formula is C12H20N6O. The molecule has 7 nitrogen and oxygen atoms in total. The number of carbonyl (C=O) groups excluding carboxylic acids is 1. The molecule has 2 fully saturated rings. The van der Waals surface area contributed by atoms with Gasteiger partial charge in [-0.1, -0.05) is 6.92 Å². The maximum Gasteiger partial charge on any atom is 0.318 e. The van der Waals surface area contributed by atoms with E-state index in [1.807, 2.05) is 9.58 Å². The third-order valence-electron chi connectivity index (χ3n) is 3.96. The molecule has 19 heavy (non-hydrogen) atoms. The maximum absolute atomic E-state index is 12.1. The number of nitrogens with one attached hydrogen (secondary N) is 1. The second-order valence-electron chi connectivity index (χ2n) is 5.33. The summed E-state index contributed by atoms with van der Waals surface area (Å²) in [7, 11) is 0. The van der Waals surface area contributed by atoms with Crippen molar-refractivity contribution in [3.8, 4) is 0 Å². The summed E-state index contributed by atoms with van der Waals surface area (Å²) in [5.74, 6) is 0.753. The van der Waals surface area contributed by atoms with E-state index in [1.165, 1.54) is 0 Å². The summed E-state index contributed by atoms with van der Waals surface area (Å²) in [5, 5.41) is 14.6. The van der Waals surface area contributed by atoms with Crippen LogP contribution < -0.4 is 5.32 Å². The lowest BCUT2D eigenvalue weighted by molar-refractivity contribution is 0.190. The van der Waals surface area contributed by atoms with Crippen LogP contribution in [-0.2, 0) is 6.54 Å². The molecule has 1 aliphatic carbocycles. The van der Waals surface area contributed by atoms with Crippen molar-refractivity contribution < 1.29 is 4.79 Å². The van der Waals surface area contributed by atoms with Crippen LogP contribution in [0.25, 0.3) is 0 Å². The van der Waals surface area contributed by atoms with Gasteiger partial charge < -0.3 is 10.2 Å². The molecule has 1 saturated heterocycles. The van der Waals surface area contributed by atoms with Crippen LogP contribution in [-0.4, -0.2) is 43.7 Å². The highest BCUT2D eigenvalue weighted by molar-refractivity contribution is 5.74. The van der Waals surface area contributed by atoms with Gasteiger partial charge in [0.25, 0.3) is 0 Å². The summed E-state index contributed by atoms with van der Waals surface area (Å²) in [5.41, 5.74) is 0. The van der Waals surface area contributed by atoms with Gasteiger partial charge in [0.15, 0.2) is 5.82 Å². The van der Waals surface area contributed by atoms with E-state index in [0.29, 0.717) is 18.6 Å². The Kier molecular flexibility index (Phi) is 3.35. The largest absolute Gasteiger partial charge is 0.331 e. The van der Waals surface area contributed by atoms with Crippen LogP contribution in [0.3, 0.4) is 0 Å². The molecule has 0 aromatic carbocycles. The quantitative estimate of drug-likeness (QED) is 0.883. The van der Waals surface area contributed by atoms with Crippen LogP contribution in [0, 0.1) is 0 Å². The fraction of sp³-hybridized carbons (Fsp3) is 0.833. The van der Waals surface area contributed by atoms with Crippen molar-refractivity contribution in [3.05, 3.63) is 5.82 Å². The highest BCUT2D eigenvalue weighted by Crippen LogP contribution is 2.34. The number of hydrogen-bond donors (Lipinski definition) is 1. The standard InChI is InChI=1S/C12H20N6O/c1-2-9-4-3-7-17(9)12(19)13-8-11-14-15-16-18(11)10-5-6-10/h9-10H,2-8H2,1H3,(H,13,19)/t9-/m1/s1. The lowest BCUT2D eigenvalue weighted by Gasteiger charge is -2.23. The number of aromatic nitrogens is 4. The Labute approximate surface area is 112 Å². The first-order valence-electron chi connectivity index (χ1n) is 7.10. The van der Waals surface area contributed by atoms with E-state index in [1.54, 1.807) is 0 Å². The third-order valence-corrected chi connectivity index (χ3v) is 3.96. The molecule has 2 heterocycles. The predicted molar refractivity (Wildman–Crippen MR) is 68.3 cm³/mol. The van der Waals surface area contributed by atoms with Gasteiger partial charge in [-0.3, -0.25) is 0 Å². The fourth-order valence-electron chi connectivity index (χ4n) is 2.72. The number of nitrogens with zero attached hydrogens (tertiary/aromatic N) is 5. The normalized spacial score (nSPS) is 22.8. The van der Waals surface area contributed by atoms with Crippen LogP contribution in [0.2, 0.25) is 0 Å². The van der Waals surface area contributed by atoms with E-state index in [0.717, 1.165) is 44.5 Å². The lowest BCUT2D eigenvalue weighted by Crippen LogP contribution is -2.42. The Morgan fingerprint density at radius 3 is 3.00 bits per heavy atom. The van der Waals surface area contributed by atoms with Gasteiger partial charge in [0.1, 0.15) is 0 Å². The van der Waals surface area contributed by atoms with Crippen molar-refractivity contribution in [1.29, 1.82) is 0 Å². The van der Waals surface area contributed by atoms with Crippen molar-refractivity contribution in [2.45, 2.75) is 57.7 Å². The number of amides is 2. The summed E-state index contributed by atoms with van der Waals surface area (Å²) in [6.45, 7) is 3.40. The number of tetrazole rings is 1. The number of urea groups is 1. The molecule has 104 valence electrons. The molecule has 2 aliphatic rings. The van der Waals surface area contributed by atoms with Gasteiger partial charge in [-0.15, -0.1) is 5.10 Å². The number of likely N-dealkylation sites (tertiary alicyclic amines) is 1. The molecule has 0 bridgehead atoms. The molecule has 2 amide bonds. The molecule has 1 atom stereocenters. The second kappa shape index (κ2) is 5.14. The molecule has 3 rings (SSSR count). The van der Waals surface area contributed by atoms with Gasteiger partial charge in [-0.25, -0.2) is 9.48 Å². The van der Waals surface area contributed by atoms with E-state index in [2.05, 4.69) is 27.8 Å². The Morgan fingerprint density at radius 2 is 2.26 bits per heavy atom. The van der Waals surface area contributed by atoms with E-state index in [-0.39, 0.29) is 6.03 Å². The molecule has 1 aromatic rings. The van der Waals surface area contributed by atoms with Gasteiger partial charge in [0.2, 0.25) is 0 Å². The van der Waals surface area contributed by atoms with Gasteiger partial charge >= 0.3 is 6.03 Å². The predicted octanol–water partition coefficient (Wildman–Crippen LogP) is 1.09. The SMILES string of the molecule is CC[C@@H]1CCCN1C(=O)NCc1nnnn1C1CC1. The molecule has 1 saturated carbocycles. The van der Waals surface area contributed by atoms with Crippen LogP contribution in [0.1, 0.15) is 50.9 Å². The Hall–Kier alpha value is -1.66. The number of hydrogen-bond acceptors (Lipinski definition) is 4. The molecule has 0 radical (unpaired) electrons. The summed E-state index contributed by atoms with van der Waals surface area (Å²) in [6, 6.07) is 0.839. The number of carbonyl (C=O) groups is 1. The zero-order chi connectivity index (χ0) is 13.2. The monoisotopic (exact) mass is 264 g/mol. The van der Waals surface area contributed by atoms with Crippen LogP contribution in [0.5, 0.6) is 0 Å². The first kappa shape index (κ1) is 12.4. The van der Waals surface area contributed by atoms with Crippen LogP contribution in [0.15, 0.2) is 0 Å². The topological polar surface area (TPSA) is 75.9 Å². The number of rotatable bonds is 4. The smallest absolute Gasteiger partial charge is 0.318 e. The van der Waals surface area contributed by atoms with Crippen molar-refractivity contribution in [1.82, 2.24) is 30.4 Å². The zero-order valence-electron chi connectivity index (χ0n) is 11.2. The molecule has 7 heteroatoms. The van der Waals surface area contributed by atoms with Gasteiger partial charge in [0, 0.05) is 12.6 Å². The minimum Gasteiger partial charge on any atom is -0.331 e. The molecular weight excluding hydrogens is 244 g/mol. The molecule has 0 unspecified atom stereocenters. The first-order chi connectivity index (χ1) is 9.29. The van der Waals surface area contributed by atoms with Crippen molar-refractivity contribution in [2.75, 3.05) is 6.54 Å². The molecule has 0 spiro atoms. The second-order valence-corrected chi connectivity index (χ2v) is 5.33. The minimum absolute atomic E-state index is 0.00898. The fourth-order valence-corrected chi connectivity index (χ4v) is 2.72. The van der Waals surface area contributed by atoms with Crippen LogP contribution in [0.4, 0.5) is 4.79 Å². The maximum atomic E-state index is 12.1. The van der Waals surface area contributed by atoms with Crippen molar-refractivity contribution in [3.63, 3.8) is 0 Å². The average Bonchev–Trinajstić information content (AvgIpc) is 2.98. The van der Waals surface area contributed by atoms with Crippen LogP contribution >= 0.6 is 0 Å². The van der Waals surface area contributed by atoms with Gasteiger partial charge in [0.05, 0.1) is 12.6 Å². The molecule has 1 aromatic heterocycles.